The molecule has 1 N–H and O–H groups in total. The number of anilines is 1. The second kappa shape index (κ2) is 4.38. The molecule has 2 aliphatic carbocycles. The van der Waals surface area contributed by atoms with Gasteiger partial charge < -0.3 is 0 Å². The lowest BCUT2D eigenvalue weighted by molar-refractivity contribution is -0.123. The number of carbonyl (C=O) groups is 2. The van der Waals surface area contributed by atoms with E-state index >= 15 is 0 Å². The number of imide groups is 1. The molecule has 0 unspecified atom stereocenters. The summed E-state index contributed by atoms with van der Waals surface area (Å²) < 4.78 is 0. The van der Waals surface area contributed by atoms with Crippen molar-refractivity contribution in [3.05, 3.63) is 42.5 Å². The third-order valence-corrected chi connectivity index (χ3v) is 5.19. The maximum Gasteiger partial charge on any atom is 0.258 e. The molecule has 6 nitrogen and oxygen atoms in total. The Morgan fingerprint density at radius 1 is 1.00 bits per heavy atom. The van der Waals surface area contributed by atoms with E-state index in [1.165, 1.54) is 4.90 Å². The molecule has 1 aliphatic heterocycles. The van der Waals surface area contributed by atoms with E-state index in [2.05, 4.69) is 27.3 Å². The lowest BCUT2D eigenvalue weighted by Gasteiger charge is -2.14. The molecule has 0 spiro atoms. The van der Waals surface area contributed by atoms with E-state index in [4.69, 9.17) is 0 Å². The lowest BCUT2D eigenvalue weighted by atomic mass is 9.85. The number of hydrogen-bond acceptors (Lipinski definition) is 4. The van der Waals surface area contributed by atoms with Gasteiger partial charge in [-0.3, -0.25) is 14.7 Å². The first-order valence-electron chi connectivity index (χ1n) is 7.78. The van der Waals surface area contributed by atoms with Crippen molar-refractivity contribution in [1.82, 2.24) is 15.2 Å². The molecule has 2 aromatic rings. The lowest BCUT2D eigenvalue weighted by Crippen LogP contribution is -2.33. The number of nitrogens with zero attached hydrogens (tertiary/aromatic N) is 3. The Balaban J connectivity index is 1.51. The van der Waals surface area contributed by atoms with E-state index in [9.17, 15) is 9.59 Å². The van der Waals surface area contributed by atoms with Crippen LogP contribution in [0.1, 0.15) is 6.42 Å². The van der Waals surface area contributed by atoms with Crippen LogP contribution in [0.3, 0.4) is 0 Å². The monoisotopic (exact) mass is 306 g/mol. The Morgan fingerprint density at radius 3 is 2.30 bits per heavy atom. The van der Waals surface area contributed by atoms with Gasteiger partial charge in [0.15, 0.2) is 5.82 Å². The van der Waals surface area contributed by atoms with Crippen LogP contribution in [0.4, 0.5) is 5.95 Å². The molecule has 2 heterocycles. The van der Waals surface area contributed by atoms with Crippen molar-refractivity contribution >= 4 is 17.8 Å². The van der Waals surface area contributed by atoms with Gasteiger partial charge in [-0.1, -0.05) is 42.5 Å². The van der Waals surface area contributed by atoms with Gasteiger partial charge in [-0.15, -0.1) is 5.10 Å². The maximum absolute atomic E-state index is 12.7. The summed E-state index contributed by atoms with van der Waals surface area (Å²) >= 11 is 0. The zero-order valence-electron chi connectivity index (χ0n) is 12.2. The maximum atomic E-state index is 12.7. The number of benzene rings is 1. The standard InChI is InChI=1S/C17H14N4O2/c22-15-12-10-6-7-11(8-10)13(12)16(23)21(15)17-18-14(19-20-17)9-4-2-1-3-5-9/h1-7,10-13H,8H2,(H,18,19,20)/t10-,11-,12-,13-/m0/s1. The molecule has 2 amide bonds. The molecular formula is C17H14N4O2. The minimum Gasteiger partial charge on any atom is -0.274 e. The molecular weight excluding hydrogens is 292 g/mol. The summed E-state index contributed by atoms with van der Waals surface area (Å²) in [7, 11) is 0. The van der Waals surface area contributed by atoms with E-state index in [1.54, 1.807) is 0 Å². The normalized spacial score (nSPS) is 31.2. The number of carbonyl (C=O) groups excluding carboxylic acids is 2. The molecule has 0 radical (unpaired) electrons. The predicted octanol–water partition coefficient (Wildman–Crippen LogP) is 1.78. The van der Waals surface area contributed by atoms with Crippen LogP contribution in [0.5, 0.6) is 0 Å². The van der Waals surface area contributed by atoms with Gasteiger partial charge in [0.2, 0.25) is 11.8 Å². The third-order valence-electron chi connectivity index (χ3n) is 5.19. The summed E-state index contributed by atoms with van der Waals surface area (Å²) in [5, 5.41) is 6.92. The molecule has 2 fully saturated rings. The fraction of sp³-hybridized carbons (Fsp3) is 0.294. The number of amides is 2. The van der Waals surface area contributed by atoms with Gasteiger partial charge in [-0.25, -0.2) is 4.90 Å². The summed E-state index contributed by atoms with van der Waals surface area (Å²) in [4.78, 5) is 31.0. The molecule has 6 heteroatoms. The van der Waals surface area contributed by atoms with Crippen LogP contribution in [0.15, 0.2) is 42.5 Å². The van der Waals surface area contributed by atoms with Gasteiger partial charge >= 0.3 is 0 Å². The number of nitrogens with one attached hydrogen (secondary N) is 1. The van der Waals surface area contributed by atoms with Crippen LogP contribution in [0, 0.1) is 23.7 Å². The molecule has 114 valence electrons. The molecule has 3 aliphatic rings. The fourth-order valence-electron chi connectivity index (χ4n) is 4.18. The fourth-order valence-corrected chi connectivity index (χ4v) is 4.18. The van der Waals surface area contributed by atoms with Crippen LogP contribution < -0.4 is 4.90 Å². The van der Waals surface area contributed by atoms with Crippen molar-refractivity contribution in [2.45, 2.75) is 6.42 Å². The highest BCUT2D eigenvalue weighted by Crippen LogP contribution is 2.52. The summed E-state index contributed by atoms with van der Waals surface area (Å²) in [5.41, 5.74) is 0.868. The molecule has 1 saturated carbocycles. The summed E-state index contributed by atoms with van der Waals surface area (Å²) in [5.74, 6) is 0.336. The topological polar surface area (TPSA) is 79.0 Å². The van der Waals surface area contributed by atoms with Gasteiger partial charge in [-0.2, -0.15) is 4.98 Å². The Hall–Kier alpha value is -2.76. The van der Waals surface area contributed by atoms with E-state index in [0.717, 1.165) is 12.0 Å². The zero-order valence-corrected chi connectivity index (χ0v) is 12.2. The van der Waals surface area contributed by atoms with E-state index in [1.807, 2.05) is 30.3 Å². The minimum atomic E-state index is -0.226. The van der Waals surface area contributed by atoms with Crippen molar-refractivity contribution in [3.63, 3.8) is 0 Å². The first-order valence-corrected chi connectivity index (χ1v) is 7.78. The Bertz CT molecular complexity index is 811. The van der Waals surface area contributed by atoms with Crippen LogP contribution >= 0.6 is 0 Å². The second-order valence-corrected chi connectivity index (χ2v) is 6.36. The minimum absolute atomic E-state index is 0.157. The summed E-state index contributed by atoms with van der Waals surface area (Å²) in [6.07, 6.45) is 5.08. The van der Waals surface area contributed by atoms with Gasteiger partial charge in [0.25, 0.3) is 5.95 Å². The van der Waals surface area contributed by atoms with Gasteiger partial charge in [0.1, 0.15) is 0 Å². The smallest absolute Gasteiger partial charge is 0.258 e. The van der Waals surface area contributed by atoms with Crippen LogP contribution in [-0.4, -0.2) is 27.0 Å². The number of hydrogen-bond donors (Lipinski definition) is 1. The highest BCUT2D eigenvalue weighted by atomic mass is 16.2. The van der Waals surface area contributed by atoms with Crippen LogP contribution in [-0.2, 0) is 9.59 Å². The van der Waals surface area contributed by atoms with Crippen molar-refractivity contribution in [2.75, 3.05) is 4.90 Å². The van der Waals surface area contributed by atoms with Crippen molar-refractivity contribution in [1.29, 1.82) is 0 Å². The number of rotatable bonds is 2. The van der Waals surface area contributed by atoms with Crippen molar-refractivity contribution < 1.29 is 9.59 Å². The second-order valence-electron chi connectivity index (χ2n) is 6.36. The van der Waals surface area contributed by atoms with Gasteiger partial charge in [0.05, 0.1) is 11.8 Å². The Kier molecular flexibility index (Phi) is 2.43. The largest absolute Gasteiger partial charge is 0.274 e. The average Bonchev–Trinajstić information content (AvgIpc) is 3.33. The Labute approximate surface area is 132 Å². The quantitative estimate of drug-likeness (QED) is 0.677. The number of aromatic nitrogens is 3. The van der Waals surface area contributed by atoms with Crippen molar-refractivity contribution in [2.24, 2.45) is 23.7 Å². The van der Waals surface area contributed by atoms with Gasteiger partial charge in [-0.05, 0) is 18.3 Å². The van der Waals surface area contributed by atoms with Crippen LogP contribution in [0.2, 0.25) is 0 Å². The molecule has 5 rings (SSSR count). The molecule has 1 aromatic carbocycles. The number of H-pyrrole nitrogens is 1. The average molecular weight is 306 g/mol. The predicted molar refractivity (Wildman–Crippen MR) is 82.0 cm³/mol. The molecule has 23 heavy (non-hydrogen) atoms. The molecule has 1 aromatic heterocycles. The summed E-state index contributed by atoms with van der Waals surface area (Å²) in [6.45, 7) is 0. The first kappa shape index (κ1) is 12.8. The molecule has 1 saturated heterocycles. The first-order chi connectivity index (χ1) is 11.2. The highest BCUT2D eigenvalue weighted by Gasteiger charge is 2.60. The zero-order chi connectivity index (χ0) is 15.6. The Morgan fingerprint density at radius 2 is 1.65 bits per heavy atom. The van der Waals surface area contributed by atoms with E-state index in [0.29, 0.717) is 5.82 Å². The highest BCUT2D eigenvalue weighted by molar-refractivity contribution is 6.21. The molecule has 4 atom stereocenters. The molecule has 2 bridgehead atoms. The number of allylic oxidation sites excluding steroid dienone is 2. The SMILES string of the molecule is O=C1[C@@H]2[C@@H](C(=O)N1c1n[nH]c(-c3ccccc3)n1)[C@H]1C=C[C@H]2C1. The number of fused-ring (bicyclic) bond motifs is 5. The van der Waals surface area contributed by atoms with Gasteiger partial charge in [0, 0.05) is 5.56 Å². The van der Waals surface area contributed by atoms with Crippen LogP contribution in [0.25, 0.3) is 11.4 Å². The van der Waals surface area contributed by atoms with E-state index in [-0.39, 0.29) is 41.4 Å². The van der Waals surface area contributed by atoms with Crippen molar-refractivity contribution in [3.8, 4) is 11.4 Å². The number of aromatic amines is 1. The van der Waals surface area contributed by atoms with E-state index < -0.39 is 0 Å². The third kappa shape index (κ3) is 1.63. The summed E-state index contributed by atoms with van der Waals surface area (Å²) in [6, 6.07) is 9.51.